The van der Waals surface area contributed by atoms with E-state index in [0.29, 0.717) is 6.42 Å². The van der Waals surface area contributed by atoms with Gasteiger partial charge in [0.15, 0.2) is 5.78 Å². The zero-order valence-corrected chi connectivity index (χ0v) is 14.2. The van der Waals surface area contributed by atoms with Crippen LogP contribution in [0.15, 0.2) is 41.0 Å². The molecule has 0 bridgehead atoms. The average molecular weight is 354 g/mol. The maximum atomic E-state index is 12.3. The van der Waals surface area contributed by atoms with Crippen molar-refractivity contribution < 1.29 is 4.79 Å². The molecule has 0 saturated carbocycles. The Labute approximate surface area is 139 Å². The Hall–Kier alpha value is -1.92. The van der Waals surface area contributed by atoms with Gasteiger partial charge in [-0.15, -0.1) is 0 Å². The highest BCUT2D eigenvalue weighted by molar-refractivity contribution is 9.10. The first-order valence-electron chi connectivity index (χ1n) is 7.23. The first-order valence-corrected chi connectivity index (χ1v) is 8.02. The van der Waals surface area contributed by atoms with E-state index in [9.17, 15) is 4.79 Å². The van der Waals surface area contributed by atoms with E-state index in [-0.39, 0.29) is 11.2 Å². The molecule has 2 nitrogen and oxygen atoms in total. The zero-order valence-electron chi connectivity index (χ0n) is 12.6. The number of carbonyl (C=O) groups is 1. The van der Waals surface area contributed by atoms with Crippen molar-refractivity contribution in [3.8, 4) is 11.8 Å². The van der Waals surface area contributed by atoms with Crippen molar-refractivity contribution >= 4 is 21.7 Å². The fourth-order valence-electron chi connectivity index (χ4n) is 2.70. The highest BCUT2D eigenvalue weighted by Crippen LogP contribution is 2.33. The molecule has 0 atom stereocenters. The number of hydrogen-bond acceptors (Lipinski definition) is 2. The van der Waals surface area contributed by atoms with Crippen LogP contribution in [0, 0.1) is 17.3 Å². The predicted molar refractivity (Wildman–Crippen MR) is 90.8 cm³/mol. The number of ketones is 1. The third-order valence-corrected chi connectivity index (χ3v) is 4.22. The van der Waals surface area contributed by atoms with E-state index in [4.69, 9.17) is 0 Å². The summed E-state index contributed by atoms with van der Waals surface area (Å²) >= 11 is 3.43. The normalized spacial score (nSPS) is 15.7. The van der Waals surface area contributed by atoms with Crippen LogP contribution >= 0.6 is 15.9 Å². The lowest BCUT2D eigenvalue weighted by atomic mass is 9.75. The van der Waals surface area contributed by atoms with Gasteiger partial charge in [-0.05, 0) is 36.1 Å². The third kappa shape index (κ3) is 3.28. The smallest absolute Gasteiger partial charge is 0.165 e. The Morgan fingerprint density at radius 1 is 1.14 bits per heavy atom. The number of aromatic nitrogens is 1. The van der Waals surface area contributed by atoms with Crippen LogP contribution in [0.2, 0.25) is 0 Å². The Morgan fingerprint density at radius 3 is 2.68 bits per heavy atom. The summed E-state index contributed by atoms with van der Waals surface area (Å²) in [5.74, 6) is 6.37. The Bertz CT molecular complexity index is 812. The van der Waals surface area contributed by atoms with Crippen LogP contribution in [0.3, 0.4) is 0 Å². The molecule has 2 aromatic rings. The molecule has 0 aliphatic heterocycles. The lowest BCUT2D eigenvalue weighted by molar-refractivity contribution is 0.0910. The number of rotatable bonds is 0. The largest absolute Gasteiger partial charge is 0.294 e. The van der Waals surface area contributed by atoms with Crippen LogP contribution in [0.4, 0.5) is 0 Å². The number of carbonyl (C=O) groups excluding carboxylic acids is 1. The Kier molecular flexibility index (Phi) is 3.88. The molecule has 1 heterocycles. The van der Waals surface area contributed by atoms with Crippen molar-refractivity contribution in [2.45, 2.75) is 26.7 Å². The maximum Gasteiger partial charge on any atom is 0.165 e. The number of benzene rings is 1. The molecule has 1 aliphatic carbocycles. The molecule has 0 N–H and O–H groups in total. The van der Waals surface area contributed by atoms with Gasteiger partial charge in [0, 0.05) is 33.8 Å². The molecule has 1 aromatic carbocycles. The highest BCUT2D eigenvalue weighted by Gasteiger charge is 2.31. The van der Waals surface area contributed by atoms with Crippen molar-refractivity contribution in [1.29, 1.82) is 0 Å². The fraction of sp³-hybridized carbons (Fsp3) is 0.263. The Balaban J connectivity index is 1.92. The summed E-state index contributed by atoms with van der Waals surface area (Å²) in [5.41, 5.74) is 3.35. The lowest BCUT2D eigenvalue weighted by Crippen LogP contribution is -2.27. The number of halogens is 1. The van der Waals surface area contributed by atoms with E-state index in [1.165, 1.54) is 0 Å². The minimum atomic E-state index is 0.000589. The quantitative estimate of drug-likeness (QED) is 0.657. The van der Waals surface area contributed by atoms with Gasteiger partial charge in [0.05, 0.1) is 5.69 Å². The molecule has 1 aromatic heterocycles. The number of pyridine rings is 1. The van der Waals surface area contributed by atoms with Crippen LogP contribution in [0.1, 0.15) is 47.4 Å². The molecule has 3 heteroatoms. The van der Waals surface area contributed by atoms with E-state index < -0.39 is 0 Å². The third-order valence-electron chi connectivity index (χ3n) is 3.73. The van der Waals surface area contributed by atoms with Gasteiger partial charge in [0.25, 0.3) is 0 Å². The van der Waals surface area contributed by atoms with Crippen LogP contribution in [0.5, 0.6) is 0 Å². The summed E-state index contributed by atoms with van der Waals surface area (Å²) in [7, 11) is 0. The molecule has 0 amide bonds. The number of nitrogens with zero attached hydrogens (tertiary/aromatic N) is 1. The lowest BCUT2D eigenvalue weighted by Gasteiger charge is -2.29. The van der Waals surface area contributed by atoms with Crippen molar-refractivity contribution in [3.05, 3.63) is 63.4 Å². The van der Waals surface area contributed by atoms with E-state index in [1.54, 1.807) is 6.20 Å². The second-order valence-electron chi connectivity index (χ2n) is 6.42. The number of fused-ring (bicyclic) bond motifs is 1. The van der Waals surface area contributed by atoms with Gasteiger partial charge < -0.3 is 0 Å². The van der Waals surface area contributed by atoms with E-state index in [1.807, 2.05) is 30.3 Å². The van der Waals surface area contributed by atoms with Gasteiger partial charge in [-0.25, -0.2) is 0 Å². The first-order chi connectivity index (χ1) is 10.4. The summed E-state index contributed by atoms with van der Waals surface area (Å²) in [6.45, 7) is 4.22. The van der Waals surface area contributed by atoms with Gasteiger partial charge in [-0.1, -0.05) is 47.7 Å². The second-order valence-corrected chi connectivity index (χ2v) is 7.34. The number of Topliss-reactive ketones (excluding diaryl/α,β-unsaturated/α-hetero) is 1. The summed E-state index contributed by atoms with van der Waals surface area (Å²) in [6, 6.07) is 9.71. The maximum absolute atomic E-state index is 12.3. The van der Waals surface area contributed by atoms with Crippen LogP contribution in [-0.4, -0.2) is 10.8 Å². The molecule has 0 saturated heterocycles. The van der Waals surface area contributed by atoms with Gasteiger partial charge in [-0.2, -0.15) is 0 Å². The second kappa shape index (κ2) is 5.70. The van der Waals surface area contributed by atoms with Gasteiger partial charge in [-0.3, -0.25) is 9.78 Å². The van der Waals surface area contributed by atoms with Crippen LogP contribution < -0.4 is 0 Å². The van der Waals surface area contributed by atoms with Crippen molar-refractivity contribution in [2.75, 3.05) is 0 Å². The first kappa shape index (κ1) is 15.0. The monoisotopic (exact) mass is 353 g/mol. The molecule has 22 heavy (non-hydrogen) atoms. The highest BCUT2D eigenvalue weighted by atomic mass is 79.9. The van der Waals surface area contributed by atoms with E-state index in [0.717, 1.165) is 33.3 Å². The molecular weight excluding hydrogens is 338 g/mol. The van der Waals surface area contributed by atoms with Gasteiger partial charge >= 0.3 is 0 Å². The van der Waals surface area contributed by atoms with E-state index in [2.05, 4.69) is 46.6 Å². The Morgan fingerprint density at radius 2 is 1.91 bits per heavy atom. The summed E-state index contributed by atoms with van der Waals surface area (Å²) < 4.78 is 1.00. The molecule has 0 spiro atoms. The fourth-order valence-corrected chi connectivity index (χ4v) is 3.10. The molecule has 0 unspecified atom stereocenters. The van der Waals surface area contributed by atoms with Crippen molar-refractivity contribution in [2.24, 2.45) is 5.41 Å². The minimum absolute atomic E-state index is 0.000589. The molecule has 1 aliphatic rings. The summed E-state index contributed by atoms with van der Waals surface area (Å²) in [6.07, 6.45) is 3.18. The molecule has 0 fully saturated rings. The van der Waals surface area contributed by atoms with Crippen LogP contribution in [-0.2, 0) is 6.42 Å². The molecule has 110 valence electrons. The number of hydrogen-bond donors (Lipinski definition) is 0. The van der Waals surface area contributed by atoms with Crippen molar-refractivity contribution in [3.63, 3.8) is 0 Å². The topological polar surface area (TPSA) is 30.0 Å². The molecule has 3 rings (SSSR count). The minimum Gasteiger partial charge on any atom is -0.294 e. The molecular formula is C19H16BrNO. The van der Waals surface area contributed by atoms with Crippen LogP contribution in [0.25, 0.3) is 0 Å². The van der Waals surface area contributed by atoms with E-state index >= 15 is 0 Å². The van der Waals surface area contributed by atoms with Gasteiger partial charge in [0.2, 0.25) is 0 Å². The molecule has 0 radical (unpaired) electrons. The SMILES string of the molecule is CC1(C)CC(=O)c2cc(C#Cc3cccc(Br)c3)cnc2C1. The predicted octanol–water partition coefficient (Wildman–Crippen LogP) is 4.40. The summed E-state index contributed by atoms with van der Waals surface area (Å²) in [4.78, 5) is 16.7. The van der Waals surface area contributed by atoms with Gasteiger partial charge in [0.1, 0.15) is 0 Å². The standard InChI is InChI=1S/C19H16BrNO/c1-19(2)10-17-16(18(22)11-19)9-14(12-21-17)7-6-13-4-3-5-15(20)8-13/h3-5,8-9,12H,10-11H2,1-2H3. The zero-order chi connectivity index (χ0) is 15.7. The summed E-state index contributed by atoms with van der Waals surface area (Å²) in [5, 5.41) is 0. The van der Waals surface area contributed by atoms with Crippen molar-refractivity contribution in [1.82, 2.24) is 4.98 Å². The average Bonchev–Trinajstić information content (AvgIpc) is 2.44.